The first-order valence-electron chi connectivity index (χ1n) is 10.2. The number of likely N-dealkylation sites (tertiary alicyclic amines) is 1. The number of aliphatic carboxylic acids is 1. The van der Waals surface area contributed by atoms with E-state index >= 15 is 0 Å². The van der Waals surface area contributed by atoms with Crippen LogP contribution in [0.25, 0.3) is 0 Å². The first kappa shape index (κ1) is 22.3. The maximum absolute atomic E-state index is 12.7. The normalized spacial score (nSPS) is 30.3. The summed E-state index contributed by atoms with van der Waals surface area (Å²) in [5, 5.41) is 7.12. The molecule has 0 aromatic heterocycles. The van der Waals surface area contributed by atoms with Gasteiger partial charge < -0.3 is 24.4 Å². The van der Waals surface area contributed by atoms with Crippen molar-refractivity contribution in [1.29, 1.82) is 0 Å². The van der Waals surface area contributed by atoms with E-state index in [0.717, 1.165) is 45.3 Å². The zero-order chi connectivity index (χ0) is 21.1. The Morgan fingerprint density at radius 3 is 2.34 bits per heavy atom. The number of carboxylic acids is 1. The maximum atomic E-state index is 12.7. The Bertz CT molecular complexity index is 593. The Hall–Kier alpha value is -1.39. The highest BCUT2D eigenvalue weighted by atomic mass is 19.4. The molecule has 4 rings (SSSR count). The molecule has 7 nitrogen and oxygen atoms in total. The number of carbonyl (C=O) groups excluding carboxylic acids is 1. The van der Waals surface area contributed by atoms with Crippen LogP contribution >= 0.6 is 0 Å². The lowest BCUT2D eigenvalue weighted by molar-refractivity contribution is -0.192. The van der Waals surface area contributed by atoms with Crippen molar-refractivity contribution in [3.8, 4) is 0 Å². The Morgan fingerprint density at radius 2 is 1.79 bits per heavy atom. The van der Waals surface area contributed by atoms with E-state index in [9.17, 15) is 18.0 Å². The number of rotatable bonds is 4. The number of halogens is 3. The molecule has 1 N–H and O–H groups in total. The quantitative estimate of drug-likeness (QED) is 0.742. The van der Waals surface area contributed by atoms with Crippen LogP contribution in [0.4, 0.5) is 13.2 Å². The average Bonchev–Trinajstić information content (AvgIpc) is 3.15. The number of hydrogen-bond donors (Lipinski definition) is 1. The molecule has 29 heavy (non-hydrogen) atoms. The third kappa shape index (κ3) is 5.61. The van der Waals surface area contributed by atoms with Gasteiger partial charge in [-0.05, 0) is 18.8 Å². The maximum Gasteiger partial charge on any atom is 0.490 e. The van der Waals surface area contributed by atoms with E-state index < -0.39 is 12.1 Å². The van der Waals surface area contributed by atoms with Gasteiger partial charge in [0.2, 0.25) is 5.91 Å². The molecule has 2 atom stereocenters. The summed E-state index contributed by atoms with van der Waals surface area (Å²) in [7, 11) is 0. The SMILES string of the molecule is O=C(C[C@]12COC[C@H]1CN(CC1CCC1)C2)N1CCOCC1.O=C(O)C(F)(F)F. The van der Waals surface area contributed by atoms with Gasteiger partial charge in [-0.15, -0.1) is 0 Å². The molecule has 3 aliphatic heterocycles. The molecular weight excluding hydrogens is 393 g/mol. The van der Waals surface area contributed by atoms with E-state index in [4.69, 9.17) is 19.4 Å². The van der Waals surface area contributed by atoms with Crippen molar-refractivity contribution >= 4 is 11.9 Å². The number of carboxylic acid groups (broad SMARTS) is 1. The van der Waals surface area contributed by atoms with Crippen LogP contribution < -0.4 is 0 Å². The average molecular weight is 422 g/mol. The summed E-state index contributed by atoms with van der Waals surface area (Å²) in [6.07, 6.45) is -0.209. The molecule has 1 amide bonds. The van der Waals surface area contributed by atoms with Crippen LogP contribution in [0.3, 0.4) is 0 Å². The second kappa shape index (κ2) is 9.18. The summed E-state index contributed by atoms with van der Waals surface area (Å²) >= 11 is 0. The molecule has 166 valence electrons. The van der Waals surface area contributed by atoms with E-state index in [1.807, 2.05) is 4.90 Å². The number of morpholine rings is 1. The first-order valence-corrected chi connectivity index (χ1v) is 10.2. The highest BCUT2D eigenvalue weighted by Gasteiger charge is 2.52. The van der Waals surface area contributed by atoms with Gasteiger partial charge in [-0.3, -0.25) is 4.79 Å². The lowest BCUT2D eigenvalue weighted by Crippen LogP contribution is -2.44. The molecule has 0 radical (unpaired) electrons. The van der Waals surface area contributed by atoms with Crippen molar-refractivity contribution in [3.05, 3.63) is 0 Å². The predicted molar refractivity (Wildman–Crippen MR) is 96.2 cm³/mol. The molecule has 4 aliphatic rings. The summed E-state index contributed by atoms with van der Waals surface area (Å²) in [5.41, 5.74) is 0.0825. The van der Waals surface area contributed by atoms with E-state index in [2.05, 4.69) is 4.90 Å². The number of hydrogen-bond acceptors (Lipinski definition) is 5. The van der Waals surface area contributed by atoms with Gasteiger partial charge in [0, 0.05) is 50.5 Å². The van der Waals surface area contributed by atoms with Crippen LogP contribution in [0.2, 0.25) is 0 Å². The molecule has 1 aliphatic carbocycles. The van der Waals surface area contributed by atoms with Crippen molar-refractivity contribution < 1.29 is 37.3 Å². The molecule has 1 saturated carbocycles. The van der Waals surface area contributed by atoms with E-state index in [1.165, 1.54) is 25.8 Å². The van der Waals surface area contributed by atoms with Crippen LogP contribution in [0.15, 0.2) is 0 Å². The predicted octanol–water partition coefficient (Wildman–Crippen LogP) is 1.62. The third-order valence-electron chi connectivity index (χ3n) is 6.44. The van der Waals surface area contributed by atoms with Gasteiger partial charge in [0.05, 0.1) is 26.4 Å². The van der Waals surface area contributed by atoms with Gasteiger partial charge in [0.25, 0.3) is 0 Å². The minimum atomic E-state index is -5.08. The highest BCUT2D eigenvalue weighted by molar-refractivity contribution is 5.77. The third-order valence-corrected chi connectivity index (χ3v) is 6.44. The molecule has 10 heteroatoms. The molecule has 0 unspecified atom stereocenters. The van der Waals surface area contributed by atoms with Crippen molar-refractivity contribution in [2.24, 2.45) is 17.3 Å². The molecule has 3 heterocycles. The molecule has 4 fully saturated rings. The molecule has 0 aromatic carbocycles. The standard InChI is InChI=1S/C17H28N2O3.C2HF3O2/c20-16(19-4-6-21-7-5-19)8-17-12-18(9-14-2-1-3-14)10-15(17)11-22-13-17;3-2(4,5)1(6)7/h14-15H,1-13H2;(H,6,7)/t15-,17+;/m1./s1. The lowest BCUT2D eigenvalue weighted by Gasteiger charge is -2.33. The Labute approximate surface area is 168 Å². The van der Waals surface area contributed by atoms with Gasteiger partial charge in [0.15, 0.2) is 0 Å². The molecule has 3 saturated heterocycles. The Kier molecular flexibility index (Phi) is 7.06. The molecule has 0 spiro atoms. The second-order valence-electron chi connectivity index (χ2n) is 8.54. The Balaban J connectivity index is 0.000000298. The van der Waals surface area contributed by atoms with Crippen molar-refractivity contribution in [3.63, 3.8) is 0 Å². The highest BCUT2D eigenvalue weighted by Crippen LogP contribution is 2.45. The summed E-state index contributed by atoms with van der Waals surface area (Å²) < 4.78 is 42.9. The van der Waals surface area contributed by atoms with E-state index in [1.54, 1.807) is 0 Å². The zero-order valence-electron chi connectivity index (χ0n) is 16.5. The smallest absolute Gasteiger partial charge is 0.475 e. The van der Waals surface area contributed by atoms with Crippen molar-refractivity contribution in [2.45, 2.75) is 31.9 Å². The lowest BCUT2D eigenvalue weighted by atomic mass is 9.77. The fraction of sp³-hybridized carbons (Fsp3) is 0.895. The second-order valence-corrected chi connectivity index (χ2v) is 8.54. The Morgan fingerprint density at radius 1 is 1.14 bits per heavy atom. The number of nitrogens with zero attached hydrogens (tertiary/aromatic N) is 2. The first-order chi connectivity index (χ1) is 13.7. The topological polar surface area (TPSA) is 79.3 Å². The van der Waals surface area contributed by atoms with Crippen molar-refractivity contribution in [2.75, 3.05) is 59.2 Å². The van der Waals surface area contributed by atoms with Crippen LogP contribution in [0.5, 0.6) is 0 Å². The number of fused-ring (bicyclic) bond motifs is 1. The van der Waals surface area contributed by atoms with Crippen LogP contribution in [-0.2, 0) is 19.1 Å². The van der Waals surface area contributed by atoms with E-state index in [-0.39, 0.29) is 5.41 Å². The monoisotopic (exact) mass is 422 g/mol. The number of alkyl halides is 3. The minimum absolute atomic E-state index is 0.0825. The van der Waals surface area contributed by atoms with E-state index in [0.29, 0.717) is 31.5 Å². The van der Waals surface area contributed by atoms with Gasteiger partial charge in [0.1, 0.15) is 0 Å². The number of ether oxygens (including phenoxy) is 2. The molecule has 0 bridgehead atoms. The zero-order valence-corrected chi connectivity index (χ0v) is 16.5. The van der Waals surface area contributed by atoms with Crippen LogP contribution in [-0.4, -0.2) is 92.1 Å². The van der Waals surface area contributed by atoms with Gasteiger partial charge in [-0.1, -0.05) is 6.42 Å². The van der Waals surface area contributed by atoms with Crippen LogP contribution in [0.1, 0.15) is 25.7 Å². The largest absolute Gasteiger partial charge is 0.490 e. The summed E-state index contributed by atoms with van der Waals surface area (Å²) in [6, 6.07) is 0. The number of carbonyl (C=O) groups is 2. The van der Waals surface area contributed by atoms with Crippen molar-refractivity contribution in [1.82, 2.24) is 9.80 Å². The van der Waals surface area contributed by atoms with Crippen LogP contribution in [0, 0.1) is 17.3 Å². The minimum Gasteiger partial charge on any atom is -0.475 e. The molecule has 0 aromatic rings. The fourth-order valence-corrected chi connectivity index (χ4v) is 4.60. The summed E-state index contributed by atoms with van der Waals surface area (Å²) in [5.74, 6) is -0.985. The van der Waals surface area contributed by atoms with Gasteiger partial charge >= 0.3 is 12.1 Å². The molecular formula is C19H29F3N2O5. The van der Waals surface area contributed by atoms with Gasteiger partial charge in [-0.2, -0.15) is 13.2 Å². The fourth-order valence-electron chi connectivity index (χ4n) is 4.60. The summed E-state index contributed by atoms with van der Waals surface area (Å²) in [6.45, 7) is 7.94. The summed E-state index contributed by atoms with van der Waals surface area (Å²) in [4.78, 5) is 26.2. The van der Waals surface area contributed by atoms with Gasteiger partial charge in [-0.25, -0.2) is 4.79 Å². The number of amides is 1.